The van der Waals surface area contributed by atoms with Gasteiger partial charge in [0.25, 0.3) is 0 Å². The summed E-state index contributed by atoms with van der Waals surface area (Å²) in [5, 5.41) is 3.02. The number of likely N-dealkylation sites (N-methyl/N-ethyl adjacent to an activating group) is 1. The number of hydrogen-bond acceptors (Lipinski definition) is 2. The highest BCUT2D eigenvalue weighted by Crippen LogP contribution is 2.11. The normalized spacial score (nSPS) is 12.4. The zero-order valence-corrected chi connectivity index (χ0v) is 13.8. The van der Waals surface area contributed by atoms with Crippen LogP contribution in [0, 0.1) is 13.8 Å². The number of furan rings is 1. The molecule has 0 radical (unpaired) electrons. The van der Waals surface area contributed by atoms with Gasteiger partial charge in [-0.1, -0.05) is 18.2 Å². The van der Waals surface area contributed by atoms with Crippen LogP contribution in [0.25, 0.3) is 0 Å². The van der Waals surface area contributed by atoms with E-state index in [1.165, 1.54) is 16.0 Å². The number of rotatable bonds is 6. The van der Waals surface area contributed by atoms with Crippen LogP contribution in [0.3, 0.4) is 0 Å². The van der Waals surface area contributed by atoms with Gasteiger partial charge in [0.2, 0.25) is 5.91 Å². The number of aryl methyl sites for hydroxylation is 2. The van der Waals surface area contributed by atoms with Gasteiger partial charge in [-0.15, -0.1) is 0 Å². The Labute approximate surface area is 132 Å². The Bertz CT molecular complexity index is 618. The van der Waals surface area contributed by atoms with Crippen molar-refractivity contribution in [3.05, 3.63) is 59.0 Å². The number of quaternary nitrogens is 1. The van der Waals surface area contributed by atoms with Crippen molar-refractivity contribution in [2.45, 2.75) is 26.3 Å². The monoisotopic (exact) mass is 301 g/mol. The van der Waals surface area contributed by atoms with Gasteiger partial charge >= 0.3 is 0 Å². The van der Waals surface area contributed by atoms with E-state index in [0.717, 1.165) is 11.3 Å². The Morgan fingerprint density at radius 3 is 2.59 bits per heavy atom. The van der Waals surface area contributed by atoms with Gasteiger partial charge in [0.1, 0.15) is 0 Å². The summed E-state index contributed by atoms with van der Waals surface area (Å²) in [6.45, 7) is 4.71. The Balaban J connectivity index is 1.92. The van der Waals surface area contributed by atoms with Crippen molar-refractivity contribution in [2.24, 2.45) is 0 Å². The third-order valence-corrected chi connectivity index (χ3v) is 4.02. The highest BCUT2D eigenvalue weighted by molar-refractivity contribution is 5.78. The molecular formula is C18H25N2O2+. The highest BCUT2D eigenvalue weighted by Gasteiger charge is 2.21. The molecule has 4 heteroatoms. The topological polar surface area (TPSA) is 46.7 Å². The Kier molecular flexibility index (Phi) is 5.39. The number of nitrogens with one attached hydrogen (secondary N) is 2. The fourth-order valence-corrected chi connectivity index (χ4v) is 2.46. The maximum atomic E-state index is 12.2. The van der Waals surface area contributed by atoms with Gasteiger partial charge in [-0.05, 0) is 42.7 Å². The van der Waals surface area contributed by atoms with E-state index in [4.69, 9.17) is 4.42 Å². The van der Waals surface area contributed by atoms with Crippen LogP contribution in [0.1, 0.15) is 28.5 Å². The second-order valence-corrected chi connectivity index (χ2v) is 6.04. The standard InChI is InChI=1S/C18H24N2O2/c1-13-7-8-15(10-14(13)2)11-18(21)19-12-16(20(3)4)17-6-5-9-22-17/h5-10,16H,11-12H2,1-4H3,(H,19,21)/p+1/t16-/m1/s1. The number of amides is 1. The van der Waals surface area contributed by atoms with E-state index in [-0.39, 0.29) is 11.9 Å². The van der Waals surface area contributed by atoms with Crippen LogP contribution >= 0.6 is 0 Å². The van der Waals surface area contributed by atoms with E-state index in [0.29, 0.717) is 13.0 Å². The summed E-state index contributed by atoms with van der Waals surface area (Å²) in [5.74, 6) is 0.938. The molecule has 0 saturated heterocycles. The summed E-state index contributed by atoms with van der Waals surface area (Å²) < 4.78 is 5.46. The number of carbonyl (C=O) groups excluding carboxylic acids is 1. The molecule has 0 saturated carbocycles. The summed E-state index contributed by atoms with van der Waals surface area (Å²) in [6, 6.07) is 10.1. The molecule has 0 unspecified atom stereocenters. The quantitative estimate of drug-likeness (QED) is 0.848. The molecular weight excluding hydrogens is 276 g/mol. The number of benzene rings is 1. The third-order valence-electron chi connectivity index (χ3n) is 4.02. The molecule has 0 spiro atoms. The van der Waals surface area contributed by atoms with E-state index in [2.05, 4.69) is 45.4 Å². The third kappa shape index (κ3) is 4.21. The van der Waals surface area contributed by atoms with Crippen molar-refractivity contribution in [2.75, 3.05) is 20.6 Å². The van der Waals surface area contributed by atoms with Crippen LogP contribution in [0.15, 0.2) is 41.0 Å². The molecule has 1 amide bonds. The van der Waals surface area contributed by atoms with Crippen molar-refractivity contribution < 1.29 is 14.1 Å². The minimum absolute atomic E-state index is 0.0426. The molecule has 2 rings (SSSR count). The van der Waals surface area contributed by atoms with E-state index >= 15 is 0 Å². The van der Waals surface area contributed by atoms with Crippen LogP contribution in [0.5, 0.6) is 0 Å². The average molecular weight is 301 g/mol. The molecule has 0 bridgehead atoms. The summed E-state index contributed by atoms with van der Waals surface area (Å²) >= 11 is 0. The SMILES string of the molecule is Cc1ccc(CC(=O)NC[C@H](c2ccco2)[NH+](C)C)cc1C. The number of carbonyl (C=O) groups is 1. The lowest BCUT2D eigenvalue weighted by molar-refractivity contribution is -0.891. The molecule has 22 heavy (non-hydrogen) atoms. The minimum atomic E-state index is 0.0426. The summed E-state index contributed by atoms with van der Waals surface area (Å²) in [4.78, 5) is 13.4. The predicted octanol–water partition coefficient (Wildman–Crippen LogP) is 1.44. The molecule has 0 aliphatic rings. The summed E-state index contributed by atoms with van der Waals surface area (Å²) in [6.07, 6.45) is 2.08. The van der Waals surface area contributed by atoms with Gasteiger partial charge in [0, 0.05) is 0 Å². The molecule has 118 valence electrons. The summed E-state index contributed by atoms with van der Waals surface area (Å²) in [5.41, 5.74) is 3.52. The van der Waals surface area contributed by atoms with Gasteiger partial charge in [0.05, 0.1) is 33.3 Å². The zero-order valence-electron chi connectivity index (χ0n) is 13.8. The maximum absolute atomic E-state index is 12.2. The van der Waals surface area contributed by atoms with E-state index < -0.39 is 0 Å². The van der Waals surface area contributed by atoms with Gasteiger partial charge in [-0.3, -0.25) is 4.79 Å². The van der Waals surface area contributed by atoms with Crippen molar-refractivity contribution in [3.8, 4) is 0 Å². The van der Waals surface area contributed by atoms with Gasteiger partial charge in [0.15, 0.2) is 11.8 Å². The zero-order chi connectivity index (χ0) is 16.1. The first-order chi connectivity index (χ1) is 10.5. The smallest absolute Gasteiger partial charge is 0.224 e. The Morgan fingerprint density at radius 1 is 1.23 bits per heavy atom. The highest BCUT2D eigenvalue weighted by atomic mass is 16.3. The Morgan fingerprint density at radius 2 is 2.00 bits per heavy atom. The van der Waals surface area contributed by atoms with Crippen LogP contribution < -0.4 is 10.2 Å². The first-order valence-corrected chi connectivity index (χ1v) is 7.63. The number of hydrogen-bond donors (Lipinski definition) is 2. The predicted molar refractivity (Wildman–Crippen MR) is 86.9 cm³/mol. The van der Waals surface area contributed by atoms with Gasteiger partial charge in [-0.25, -0.2) is 0 Å². The molecule has 1 aromatic heterocycles. The first-order valence-electron chi connectivity index (χ1n) is 7.63. The van der Waals surface area contributed by atoms with E-state index in [1.807, 2.05) is 18.2 Å². The molecule has 2 aromatic rings. The van der Waals surface area contributed by atoms with E-state index in [1.54, 1.807) is 6.26 Å². The largest absolute Gasteiger partial charge is 0.463 e. The fourth-order valence-electron chi connectivity index (χ4n) is 2.46. The maximum Gasteiger partial charge on any atom is 0.224 e. The van der Waals surface area contributed by atoms with Gasteiger partial charge in [-0.2, -0.15) is 0 Å². The molecule has 1 heterocycles. The van der Waals surface area contributed by atoms with Crippen molar-refractivity contribution >= 4 is 5.91 Å². The van der Waals surface area contributed by atoms with Crippen LogP contribution in [-0.2, 0) is 11.2 Å². The molecule has 1 atom stereocenters. The molecule has 1 aromatic carbocycles. The minimum Gasteiger partial charge on any atom is -0.463 e. The molecule has 0 fully saturated rings. The molecule has 4 nitrogen and oxygen atoms in total. The molecule has 0 aliphatic heterocycles. The van der Waals surface area contributed by atoms with Crippen LogP contribution in [0.2, 0.25) is 0 Å². The Hall–Kier alpha value is -2.07. The fraction of sp³-hybridized carbons (Fsp3) is 0.389. The van der Waals surface area contributed by atoms with Crippen LogP contribution in [-0.4, -0.2) is 26.5 Å². The van der Waals surface area contributed by atoms with Crippen molar-refractivity contribution in [1.29, 1.82) is 0 Å². The second-order valence-electron chi connectivity index (χ2n) is 6.04. The van der Waals surface area contributed by atoms with Gasteiger partial charge < -0.3 is 14.6 Å². The first kappa shape index (κ1) is 16.3. The molecule has 2 N–H and O–H groups in total. The average Bonchev–Trinajstić information content (AvgIpc) is 2.97. The summed E-state index contributed by atoms with van der Waals surface area (Å²) in [7, 11) is 4.12. The lowest BCUT2D eigenvalue weighted by atomic mass is 10.0. The molecule has 0 aliphatic carbocycles. The van der Waals surface area contributed by atoms with E-state index in [9.17, 15) is 4.79 Å². The van der Waals surface area contributed by atoms with Crippen LogP contribution in [0.4, 0.5) is 0 Å². The van der Waals surface area contributed by atoms with Crippen molar-refractivity contribution in [3.63, 3.8) is 0 Å². The lowest BCUT2D eigenvalue weighted by Crippen LogP contribution is -3.07. The second kappa shape index (κ2) is 7.27. The van der Waals surface area contributed by atoms with Crippen molar-refractivity contribution in [1.82, 2.24) is 5.32 Å². The lowest BCUT2D eigenvalue weighted by Gasteiger charge is -2.19.